The summed E-state index contributed by atoms with van der Waals surface area (Å²) >= 11 is 0. The summed E-state index contributed by atoms with van der Waals surface area (Å²) < 4.78 is 21.5. The summed E-state index contributed by atoms with van der Waals surface area (Å²) in [5, 5.41) is 0. The van der Waals surface area contributed by atoms with Crippen LogP contribution in [0.4, 0.5) is 0 Å². The molecule has 0 saturated carbocycles. The van der Waals surface area contributed by atoms with Crippen LogP contribution in [-0.4, -0.2) is 14.2 Å². The Morgan fingerprint density at radius 2 is 1.59 bits per heavy atom. The smallest absolute Gasteiger partial charge is 0.212 e. The van der Waals surface area contributed by atoms with E-state index in [9.17, 15) is 8.42 Å². The van der Waals surface area contributed by atoms with Crippen LogP contribution < -0.4 is 0 Å². The minimum Gasteiger partial charge on any atom is -0.212 e. The molecule has 0 fully saturated rings. The first-order valence-electron chi connectivity index (χ1n) is 5.78. The summed E-state index contributed by atoms with van der Waals surface area (Å²) in [6.45, 7) is 6.30. The Morgan fingerprint density at radius 3 is 2.18 bits per heavy atom. The standard InChI is InChI=1S/C13H19ClO2S/c1-10-8-12(3)13(9-11(10)2)6-4-5-7-17(14,15)16/h8-9H,4-7H2,1-3H3. The largest absolute Gasteiger partial charge is 0.232 e. The van der Waals surface area contributed by atoms with E-state index in [4.69, 9.17) is 10.7 Å². The summed E-state index contributed by atoms with van der Waals surface area (Å²) in [5.41, 5.74) is 5.17. The van der Waals surface area contributed by atoms with Gasteiger partial charge in [-0.15, -0.1) is 0 Å². The first-order chi connectivity index (χ1) is 7.79. The minimum absolute atomic E-state index is 0.0679. The minimum atomic E-state index is -3.33. The third-order valence-corrected chi connectivity index (χ3v) is 4.28. The Kier molecular flexibility index (Phi) is 5.02. The van der Waals surface area contributed by atoms with Crippen LogP contribution in [0.2, 0.25) is 0 Å². The van der Waals surface area contributed by atoms with Gasteiger partial charge in [0.25, 0.3) is 0 Å². The van der Waals surface area contributed by atoms with E-state index in [2.05, 4.69) is 32.9 Å². The van der Waals surface area contributed by atoms with Crippen LogP contribution in [0.1, 0.15) is 35.1 Å². The van der Waals surface area contributed by atoms with Crippen LogP contribution >= 0.6 is 10.7 Å². The lowest BCUT2D eigenvalue weighted by atomic mass is 9.97. The van der Waals surface area contributed by atoms with Gasteiger partial charge in [-0.25, -0.2) is 8.42 Å². The van der Waals surface area contributed by atoms with Crippen LogP contribution in [-0.2, 0) is 15.5 Å². The first-order valence-corrected chi connectivity index (χ1v) is 8.26. The number of hydrogen-bond acceptors (Lipinski definition) is 2. The van der Waals surface area contributed by atoms with E-state index in [0.29, 0.717) is 6.42 Å². The van der Waals surface area contributed by atoms with Gasteiger partial charge in [-0.05, 0) is 62.3 Å². The molecule has 1 aromatic rings. The van der Waals surface area contributed by atoms with E-state index in [0.717, 1.165) is 12.8 Å². The number of hydrogen-bond donors (Lipinski definition) is 0. The predicted molar refractivity (Wildman–Crippen MR) is 73.2 cm³/mol. The highest BCUT2D eigenvalue weighted by molar-refractivity contribution is 8.13. The molecule has 2 nitrogen and oxygen atoms in total. The fourth-order valence-corrected chi connectivity index (χ4v) is 2.76. The topological polar surface area (TPSA) is 34.1 Å². The Balaban J connectivity index is 2.55. The quantitative estimate of drug-likeness (QED) is 0.608. The molecule has 0 aliphatic carbocycles. The normalized spacial score (nSPS) is 11.8. The van der Waals surface area contributed by atoms with Gasteiger partial charge in [-0.2, -0.15) is 0 Å². The van der Waals surface area contributed by atoms with Crippen molar-refractivity contribution < 1.29 is 8.42 Å². The Hall–Kier alpha value is -0.540. The predicted octanol–water partition coefficient (Wildman–Crippen LogP) is 3.50. The summed E-state index contributed by atoms with van der Waals surface area (Å²) in [4.78, 5) is 0. The maximum atomic E-state index is 10.8. The lowest BCUT2D eigenvalue weighted by Gasteiger charge is -2.09. The molecule has 1 rings (SSSR count). The van der Waals surface area contributed by atoms with Crippen molar-refractivity contribution in [2.45, 2.75) is 40.0 Å². The van der Waals surface area contributed by atoms with Crippen LogP contribution in [0.5, 0.6) is 0 Å². The van der Waals surface area contributed by atoms with Gasteiger partial charge in [0.1, 0.15) is 0 Å². The van der Waals surface area contributed by atoms with Crippen molar-refractivity contribution in [3.63, 3.8) is 0 Å². The van der Waals surface area contributed by atoms with Gasteiger partial charge < -0.3 is 0 Å². The molecular weight excluding hydrogens is 256 g/mol. The molecular formula is C13H19ClO2S. The number of halogens is 1. The van der Waals surface area contributed by atoms with Crippen LogP contribution in [0, 0.1) is 20.8 Å². The van der Waals surface area contributed by atoms with Crippen LogP contribution in [0.25, 0.3) is 0 Å². The highest BCUT2D eigenvalue weighted by Gasteiger charge is 2.06. The van der Waals surface area contributed by atoms with E-state index < -0.39 is 9.05 Å². The third kappa shape index (κ3) is 5.09. The van der Waals surface area contributed by atoms with Crippen molar-refractivity contribution in [1.82, 2.24) is 0 Å². The maximum absolute atomic E-state index is 10.8. The van der Waals surface area contributed by atoms with Crippen molar-refractivity contribution in [2.24, 2.45) is 0 Å². The lowest BCUT2D eigenvalue weighted by Crippen LogP contribution is -1.99. The van der Waals surface area contributed by atoms with Crippen molar-refractivity contribution in [1.29, 1.82) is 0 Å². The van der Waals surface area contributed by atoms with Gasteiger partial charge in [0.05, 0.1) is 5.75 Å². The van der Waals surface area contributed by atoms with Gasteiger partial charge >= 0.3 is 0 Å². The highest BCUT2D eigenvalue weighted by Crippen LogP contribution is 2.17. The van der Waals surface area contributed by atoms with Gasteiger partial charge in [0.15, 0.2) is 0 Å². The van der Waals surface area contributed by atoms with E-state index in [1.165, 1.54) is 22.3 Å². The summed E-state index contributed by atoms with van der Waals surface area (Å²) in [5.74, 6) is 0.0679. The zero-order valence-electron chi connectivity index (χ0n) is 10.6. The molecule has 0 aliphatic heterocycles. The van der Waals surface area contributed by atoms with E-state index in [1.54, 1.807) is 0 Å². The Morgan fingerprint density at radius 1 is 1.00 bits per heavy atom. The SMILES string of the molecule is Cc1cc(C)c(CCCCS(=O)(=O)Cl)cc1C. The zero-order chi connectivity index (χ0) is 13.1. The fraction of sp³-hybridized carbons (Fsp3) is 0.538. The number of rotatable bonds is 5. The van der Waals surface area contributed by atoms with Gasteiger partial charge in [-0.1, -0.05) is 12.1 Å². The van der Waals surface area contributed by atoms with Gasteiger partial charge in [-0.3, -0.25) is 0 Å². The second-order valence-electron chi connectivity index (χ2n) is 4.56. The highest BCUT2D eigenvalue weighted by atomic mass is 35.7. The molecule has 0 amide bonds. The molecule has 0 heterocycles. The zero-order valence-corrected chi connectivity index (χ0v) is 12.2. The van der Waals surface area contributed by atoms with Crippen LogP contribution in [0.3, 0.4) is 0 Å². The summed E-state index contributed by atoms with van der Waals surface area (Å²) in [6.07, 6.45) is 2.40. The first kappa shape index (κ1) is 14.5. The molecule has 0 aromatic heterocycles. The molecule has 0 N–H and O–H groups in total. The molecule has 0 radical (unpaired) electrons. The number of aryl methyl sites for hydroxylation is 4. The average molecular weight is 275 g/mol. The summed E-state index contributed by atoms with van der Waals surface area (Å²) in [7, 11) is 1.83. The Bertz CT molecular complexity index is 492. The van der Waals surface area contributed by atoms with Crippen LogP contribution in [0.15, 0.2) is 12.1 Å². The molecule has 0 atom stereocenters. The monoisotopic (exact) mass is 274 g/mol. The van der Waals surface area contributed by atoms with E-state index in [1.807, 2.05) is 0 Å². The average Bonchev–Trinajstić information content (AvgIpc) is 2.18. The molecule has 0 aliphatic rings. The molecule has 4 heteroatoms. The lowest BCUT2D eigenvalue weighted by molar-refractivity contribution is 0.605. The molecule has 96 valence electrons. The molecule has 0 spiro atoms. The van der Waals surface area contributed by atoms with Crippen molar-refractivity contribution in [2.75, 3.05) is 5.75 Å². The molecule has 17 heavy (non-hydrogen) atoms. The summed E-state index contributed by atoms with van der Waals surface area (Å²) in [6, 6.07) is 4.38. The number of benzene rings is 1. The molecule has 1 aromatic carbocycles. The maximum Gasteiger partial charge on any atom is 0.232 e. The molecule has 0 saturated heterocycles. The van der Waals surface area contributed by atoms with Crippen molar-refractivity contribution >= 4 is 19.7 Å². The van der Waals surface area contributed by atoms with Gasteiger partial charge in [0.2, 0.25) is 9.05 Å². The Labute approximate surface area is 108 Å². The third-order valence-electron chi connectivity index (χ3n) is 3.04. The number of unbranched alkanes of at least 4 members (excludes halogenated alkanes) is 1. The van der Waals surface area contributed by atoms with Crippen molar-refractivity contribution in [3.05, 3.63) is 34.4 Å². The fourth-order valence-electron chi connectivity index (χ4n) is 1.88. The van der Waals surface area contributed by atoms with E-state index >= 15 is 0 Å². The second-order valence-corrected chi connectivity index (χ2v) is 7.46. The molecule has 0 unspecified atom stereocenters. The second kappa shape index (κ2) is 5.87. The van der Waals surface area contributed by atoms with E-state index in [-0.39, 0.29) is 5.75 Å². The van der Waals surface area contributed by atoms with Crippen molar-refractivity contribution in [3.8, 4) is 0 Å². The molecule has 0 bridgehead atoms. The van der Waals surface area contributed by atoms with Gasteiger partial charge in [0, 0.05) is 10.7 Å².